The van der Waals surface area contributed by atoms with Crippen molar-refractivity contribution in [2.75, 3.05) is 5.32 Å². The fourth-order valence-corrected chi connectivity index (χ4v) is 2.87. The van der Waals surface area contributed by atoms with Crippen molar-refractivity contribution in [2.24, 2.45) is 0 Å². The molecule has 0 bridgehead atoms. The standard InChI is InChI=1S/C12H10N2O4S.ClH/c15-11(16)6-3-13-8-7(12(17)18)4-19-10(8)9(6)14-5-1-2-5;/h3-5H,1-2H2,(H,13,14)(H,15,16)(H,17,18);1H. The van der Waals surface area contributed by atoms with E-state index < -0.39 is 11.9 Å². The lowest BCUT2D eigenvalue weighted by Crippen LogP contribution is -2.09. The van der Waals surface area contributed by atoms with E-state index >= 15 is 0 Å². The molecule has 8 heteroatoms. The summed E-state index contributed by atoms with van der Waals surface area (Å²) in [5.74, 6) is -2.12. The van der Waals surface area contributed by atoms with Crippen LogP contribution in [0.25, 0.3) is 10.2 Å². The maximum atomic E-state index is 11.2. The summed E-state index contributed by atoms with van der Waals surface area (Å²) in [5, 5.41) is 22.9. The van der Waals surface area contributed by atoms with Gasteiger partial charge in [0.2, 0.25) is 0 Å². The normalized spacial score (nSPS) is 13.8. The van der Waals surface area contributed by atoms with Gasteiger partial charge in [-0.15, -0.1) is 23.7 Å². The van der Waals surface area contributed by atoms with Gasteiger partial charge in [-0.1, -0.05) is 0 Å². The summed E-state index contributed by atoms with van der Waals surface area (Å²) in [5.41, 5.74) is 1.01. The van der Waals surface area contributed by atoms with Crippen LogP contribution in [0, 0.1) is 0 Å². The van der Waals surface area contributed by atoms with Crippen LogP contribution in [-0.2, 0) is 0 Å². The minimum Gasteiger partial charge on any atom is -0.478 e. The number of pyridine rings is 1. The van der Waals surface area contributed by atoms with Crippen molar-refractivity contribution in [1.82, 2.24) is 4.98 Å². The molecule has 0 spiro atoms. The van der Waals surface area contributed by atoms with Crippen LogP contribution < -0.4 is 5.32 Å². The number of nitrogens with zero attached hydrogens (tertiary/aromatic N) is 1. The number of hydrogen-bond acceptors (Lipinski definition) is 5. The number of aromatic carboxylic acids is 2. The van der Waals surface area contributed by atoms with Gasteiger partial charge in [-0.3, -0.25) is 4.98 Å². The molecule has 2 heterocycles. The molecule has 3 N–H and O–H groups in total. The number of carbonyl (C=O) groups is 2. The molecule has 6 nitrogen and oxygen atoms in total. The fourth-order valence-electron chi connectivity index (χ4n) is 1.86. The molecule has 0 unspecified atom stereocenters. The van der Waals surface area contributed by atoms with E-state index in [1.54, 1.807) is 0 Å². The highest BCUT2D eigenvalue weighted by Crippen LogP contribution is 2.36. The van der Waals surface area contributed by atoms with E-state index in [0.717, 1.165) is 12.8 Å². The van der Waals surface area contributed by atoms with E-state index in [0.29, 0.717) is 15.9 Å². The van der Waals surface area contributed by atoms with Gasteiger partial charge in [0, 0.05) is 17.6 Å². The number of aromatic nitrogens is 1. The second-order valence-corrected chi connectivity index (χ2v) is 5.28. The fraction of sp³-hybridized carbons (Fsp3) is 0.250. The van der Waals surface area contributed by atoms with E-state index in [1.165, 1.54) is 22.9 Å². The number of halogens is 1. The van der Waals surface area contributed by atoms with Crippen LogP contribution >= 0.6 is 23.7 Å². The van der Waals surface area contributed by atoms with Crippen molar-refractivity contribution in [1.29, 1.82) is 0 Å². The summed E-state index contributed by atoms with van der Waals surface area (Å²) < 4.78 is 0.587. The van der Waals surface area contributed by atoms with Crippen LogP contribution in [0.1, 0.15) is 33.6 Å². The molecule has 2 aromatic rings. The first-order valence-electron chi connectivity index (χ1n) is 5.71. The number of nitrogens with one attached hydrogen (secondary N) is 1. The van der Waals surface area contributed by atoms with Crippen molar-refractivity contribution in [3.05, 3.63) is 22.7 Å². The maximum Gasteiger partial charge on any atom is 0.339 e. The number of hydrogen-bond donors (Lipinski definition) is 3. The number of rotatable bonds is 4. The molecule has 1 aliphatic rings. The zero-order valence-corrected chi connectivity index (χ0v) is 11.8. The van der Waals surface area contributed by atoms with Crippen molar-refractivity contribution in [2.45, 2.75) is 18.9 Å². The molecule has 2 aromatic heterocycles. The summed E-state index contributed by atoms with van der Waals surface area (Å²) >= 11 is 1.20. The zero-order valence-electron chi connectivity index (χ0n) is 10.1. The van der Waals surface area contributed by atoms with Gasteiger partial charge in [0.1, 0.15) is 5.56 Å². The summed E-state index contributed by atoms with van der Waals surface area (Å²) in [6.45, 7) is 0. The lowest BCUT2D eigenvalue weighted by Gasteiger charge is -2.09. The molecule has 1 saturated carbocycles. The van der Waals surface area contributed by atoms with Gasteiger partial charge in [-0.2, -0.15) is 0 Å². The highest BCUT2D eigenvalue weighted by molar-refractivity contribution is 7.18. The third-order valence-electron chi connectivity index (χ3n) is 2.97. The monoisotopic (exact) mass is 314 g/mol. The average molecular weight is 315 g/mol. The number of carboxylic acid groups (broad SMARTS) is 2. The van der Waals surface area contributed by atoms with Gasteiger partial charge in [0.25, 0.3) is 0 Å². The van der Waals surface area contributed by atoms with Gasteiger partial charge in [-0.05, 0) is 12.8 Å². The Kier molecular flexibility index (Phi) is 3.82. The van der Waals surface area contributed by atoms with Gasteiger partial charge < -0.3 is 15.5 Å². The second-order valence-electron chi connectivity index (χ2n) is 4.40. The Balaban J connectivity index is 0.00000147. The minimum atomic E-state index is -1.07. The maximum absolute atomic E-state index is 11.2. The number of anilines is 1. The van der Waals surface area contributed by atoms with Crippen LogP contribution in [0.5, 0.6) is 0 Å². The molecular formula is C12H11ClN2O4S. The van der Waals surface area contributed by atoms with Crippen molar-refractivity contribution in [3.8, 4) is 0 Å². The topological polar surface area (TPSA) is 99.5 Å². The smallest absolute Gasteiger partial charge is 0.339 e. The molecule has 20 heavy (non-hydrogen) atoms. The Morgan fingerprint density at radius 3 is 2.45 bits per heavy atom. The predicted octanol–water partition coefficient (Wildman–Crippen LogP) is 2.69. The summed E-state index contributed by atoms with van der Waals surface area (Å²) in [6, 6.07) is 0.277. The lowest BCUT2D eigenvalue weighted by atomic mass is 10.2. The first-order valence-corrected chi connectivity index (χ1v) is 6.59. The lowest BCUT2D eigenvalue weighted by molar-refractivity contribution is 0.0688. The molecule has 1 fully saturated rings. The van der Waals surface area contributed by atoms with Crippen molar-refractivity contribution in [3.63, 3.8) is 0 Å². The third-order valence-corrected chi connectivity index (χ3v) is 3.96. The highest BCUT2D eigenvalue weighted by atomic mass is 35.5. The van der Waals surface area contributed by atoms with Gasteiger partial charge in [-0.25, -0.2) is 9.59 Å². The summed E-state index contributed by atoms with van der Waals surface area (Å²) in [7, 11) is 0. The van der Waals surface area contributed by atoms with E-state index in [2.05, 4.69) is 10.3 Å². The van der Waals surface area contributed by atoms with Crippen molar-refractivity contribution >= 4 is 51.6 Å². The Labute approximate surface area is 123 Å². The van der Waals surface area contributed by atoms with Crippen LogP contribution in [0.3, 0.4) is 0 Å². The Hall–Kier alpha value is -1.86. The first-order chi connectivity index (χ1) is 9.08. The number of carboxylic acids is 2. The molecule has 0 amide bonds. The molecule has 106 valence electrons. The van der Waals surface area contributed by atoms with Gasteiger partial charge in [0.05, 0.1) is 21.5 Å². The van der Waals surface area contributed by atoms with Crippen LogP contribution in [0.4, 0.5) is 5.69 Å². The molecular weight excluding hydrogens is 304 g/mol. The average Bonchev–Trinajstić information content (AvgIpc) is 3.05. The Morgan fingerprint density at radius 2 is 1.90 bits per heavy atom. The van der Waals surface area contributed by atoms with Crippen molar-refractivity contribution < 1.29 is 19.8 Å². The molecule has 0 aliphatic heterocycles. The number of fused-ring (bicyclic) bond motifs is 1. The summed E-state index contributed by atoms with van der Waals surface area (Å²) in [4.78, 5) is 26.3. The SMILES string of the molecule is Cl.O=C(O)c1cnc2c(C(=O)O)csc2c1NC1CC1. The summed E-state index contributed by atoms with van der Waals surface area (Å²) in [6.07, 6.45) is 3.22. The molecule has 0 saturated heterocycles. The van der Waals surface area contributed by atoms with Gasteiger partial charge in [0.15, 0.2) is 0 Å². The molecule has 0 atom stereocenters. The quantitative estimate of drug-likeness (QED) is 0.802. The second kappa shape index (κ2) is 5.26. The van der Waals surface area contributed by atoms with E-state index in [9.17, 15) is 14.7 Å². The predicted molar refractivity (Wildman–Crippen MR) is 77.4 cm³/mol. The third kappa shape index (κ3) is 2.41. The minimum absolute atomic E-state index is 0. The molecule has 0 radical (unpaired) electrons. The van der Waals surface area contributed by atoms with Crippen LogP contribution in [0.15, 0.2) is 11.6 Å². The van der Waals surface area contributed by atoms with Crippen LogP contribution in [0.2, 0.25) is 0 Å². The first kappa shape index (κ1) is 14.5. The number of thiophene rings is 1. The van der Waals surface area contributed by atoms with E-state index in [4.69, 9.17) is 5.11 Å². The van der Waals surface area contributed by atoms with E-state index in [1.807, 2.05) is 0 Å². The van der Waals surface area contributed by atoms with Gasteiger partial charge >= 0.3 is 11.9 Å². The zero-order chi connectivity index (χ0) is 13.6. The Bertz CT molecular complexity index is 696. The molecule has 0 aromatic carbocycles. The Morgan fingerprint density at radius 1 is 1.25 bits per heavy atom. The van der Waals surface area contributed by atoms with E-state index in [-0.39, 0.29) is 29.6 Å². The molecule has 1 aliphatic carbocycles. The highest BCUT2D eigenvalue weighted by Gasteiger charge is 2.26. The van der Waals surface area contributed by atoms with Crippen LogP contribution in [-0.4, -0.2) is 33.2 Å². The largest absolute Gasteiger partial charge is 0.478 e. The molecule has 3 rings (SSSR count).